The topological polar surface area (TPSA) is 96.4 Å². The van der Waals surface area contributed by atoms with E-state index in [4.69, 9.17) is 39.5 Å². The second-order valence-corrected chi connectivity index (χ2v) is 7.03. The van der Waals surface area contributed by atoms with E-state index in [1.165, 1.54) is 11.9 Å². The Bertz CT molecular complexity index is 764. The first kappa shape index (κ1) is 18.8. The number of anilines is 1. The van der Waals surface area contributed by atoms with E-state index in [-0.39, 0.29) is 10.0 Å². The highest BCUT2D eigenvalue weighted by Gasteiger charge is 2.50. The summed E-state index contributed by atoms with van der Waals surface area (Å²) in [6.45, 7) is -0.460. The first-order valence-electron chi connectivity index (χ1n) is 7.36. The zero-order chi connectivity index (χ0) is 18.5. The lowest BCUT2D eigenvalue weighted by Gasteiger charge is -2.31. The minimum atomic E-state index is -1.31. The summed E-state index contributed by atoms with van der Waals surface area (Å²) < 4.78 is 6.29. The minimum Gasteiger partial charge on any atom is -0.394 e. The van der Waals surface area contributed by atoms with Crippen molar-refractivity contribution in [3.63, 3.8) is 0 Å². The lowest BCUT2D eigenvalue weighted by Crippen LogP contribution is -2.46. The summed E-state index contributed by atoms with van der Waals surface area (Å²) in [6.07, 6.45) is -4.57. The van der Waals surface area contributed by atoms with Gasteiger partial charge in [0.2, 0.25) is 5.87 Å². The number of fused-ring (bicyclic) bond motifs is 1. The van der Waals surface area contributed by atoms with Crippen LogP contribution in [0.2, 0.25) is 10.0 Å². The van der Waals surface area contributed by atoms with Gasteiger partial charge in [-0.25, -0.2) is 0 Å². The second kappa shape index (κ2) is 6.95. The van der Waals surface area contributed by atoms with Crippen LogP contribution < -0.4 is 4.90 Å². The number of alkyl halides is 1. The van der Waals surface area contributed by atoms with Gasteiger partial charge in [-0.1, -0.05) is 34.8 Å². The maximum absolute atomic E-state index is 10.3. The molecule has 0 amide bonds. The van der Waals surface area contributed by atoms with Crippen molar-refractivity contribution in [1.29, 1.82) is 0 Å². The lowest BCUT2D eigenvalue weighted by molar-refractivity contribution is -0.749. The van der Waals surface area contributed by atoms with Gasteiger partial charge >= 0.3 is 0 Å². The highest BCUT2D eigenvalue weighted by Crippen LogP contribution is 2.47. The molecule has 25 heavy (non-hydrogen) atoms. The molecule has 0 radical (unpaired) electrons. The quantitative estimate of drug-likeness (QED) is 0.144. The van der Waals surface area contributed by atoms with E-state index in [1.54, 1.807) is 12.1 Å². The van der Waals surface area contributed by atoms with E-state index in [9.17, 15) is 20.5 Å². The Morgan fingerprint density at radius 3 is 2.44 bits per heavy atom. The molecule has 2 aliphatic rings. The fraction of sp³-hybridized carbons (Fsp3) is 0.467. The predicted octanol–water partition coefficient (Wildman–Crippen LogP) is 0.902. The van der Waals surface area contributed by atoms with Crippen molar-refractivity contribution in [2.75, 3.05) is 18.6 Å². The van der Waals surface area contributed by atoms with Gasteiger partial charge in [0.1, 0.15) is 29.4 Å². The summed E-state index contributed by atoms with van der Waals surface area (Å²) in [7, 11) is 1.36. The van der Waals surface area contributed by atoms with Gasteiger partial charge in [-0.3, -0.25) is 5.21 Å². The molecule has 0 saturated carbocycles. The van der Waals surface area contributed by atoms with Gasteiger partial charge in [0.05, 0.1) is 22.3 Å². The minimum absolute atomic E-state index is 0.264. The van der Waals surface area contributed by atoms with Crippen LogP contribution in [-0.4, -0.2) is 74.8 Å². The number of halogens is 3. The molecular formula is C15H16Cl3N2O5+. The third kappa shape index (κ3) is 3.12. The number of benzene rings is 1. The maximum atomic E-state index is 10.3. The van der Waals surface area contributed by atoms with E-state index in [0.717, 1.165) is 4.74 Å². The molecule has 0 aromatic heterocycles. The SMILES string of the molecule is C[N+](O)=C=C1c2cc(Cl)c(Cl)cc2N([C@@H]2O[C@H](CO)[C@@H](O)[C@H]2O)C1Cl. The number of hydrogen-bond acceptors (Lipinski definition) is 6. The Morgan fingerprint density at radius 2 is 1.88 bits per heavy atom. The number of rotatable bonds is 2. The highest BCUT2D eigenvalue weighted by molar-refractivity contribution is 6.43. The summed E-state index contributed by atoms with van der Waals surface area (Å²) in [6, 6.07) is 3.12. The Morgan fingerprint density at radius 1 is 1.24 bits per heavy atom. The molecule has 0 bridgehead atoms. The summed E-state index contributed by atoms with van der Waals surface area (Å²) in [5.41, 5.74) is 0.544. The van der Waals surface area contributed by atoms with Gasteiger partial charge in [0.15, 0.2) is 13.3 Å². The number of hydrogen-bond donors (Lipinski definition) is 4. The third-order valence-electron chi connectivity index (χ3n) is 4.16. The smallest absolute Gasteiger partial charge is 0.228 e. The fourth-order valence-corrected chi connectivity index (χ4v) is 3.72. The van der Waals surface area contributed by atoms with Crippen LogP contribution in [0.5, 0.6) is 0 Å². The van der Waals surface area contributed by atoms with Crippen LogP contribution in [-0.2, 0) is 4.74 Å². The van der Waals surface area contributed by atoms with Gasteiger partial charge in [-0.2, -0.15) is 0 Å². The highest BCUT2D eigenvalue weighted by atomic mass is 35.5. The first-order chi connectivity index (χ1) is 11.8. The van der Waals surface area contributed by atoms with Crippen LogP contribution in [0.4, 0.5) is 5.69 Å². The predicted molar refractivity (Wildman–Crippen MR) is 92.7 cm³/mol. The summed E-state index contributed by atoms with van der Waals surface area (Å²) in [4.78, 5) is 1.49. The van der Waals surface area contributed by atoms with Crippen LogP contribution in [0, 0.1) is 0 Å². The zero-order valence-corrected chi connectivity index (χ0v) is 15.2. The van der Waals surface area contributed by atoms with E-state index in [2.05, 4.69) is 5.87 Å². The van der Waals surface area contributed by atoms with Crippen molar-refractivity contribution < 1.29 is 30.0 Å². The Hall–Kier alpha value is -1.02. The van der Waals surface area contributed by atoms with Gasteiger partial charge in [0.25, 0.3) is 0 Å². The Balaban J connectivity index is 2.14. The lowest BCUT2D eigenvalue weighted by atomic mass is 10.1. The van der Waals surface area contributed by atoms with Gasteiger partial charge in [-0.15, -0.1) is 0 Å². The Kier molecular flexibility index (Phi) is 5.21. The van der Waals surface area contributed by atoms with Crippen molar-refractivity contribution in [2.45, 2.75) is 30.0 Å². The summed E-state index contributed by atoms with van der Waals surface area (Å²) in [5.74, 6) is 2.68. The van der Waals surface area contributed by atoms with E-state index in [0.29, 0.717) is 16.8 Å². The van der Waals surface area contributed by atoms with Crippen molar-refractivity contribution in [3.05, 3.63) is 27.7 Å². The molecule has 1 aromatic rings. The maximum Gasteiger partial charge on any atom is 0.228 e. The van der Waals surface area contributed by atoms with E-state index < -0.39 is 36.6 Å². The fourth-order valence-electron chi connectivity index (χ4n) is 3.02. The molecule has 10 heteroatoms. The third-order valence-corrected chi connectivity index (χ3v) is 5.31. The average Bonchev–Trinajstić information content (AvgIpc) is 2.96. The molecule has 1 fully saturated rings. The normalized spacial score (nSPS) is 31.2. The molecule has 1 saturated heterocycles. The molecule has 2 aliphatic heterocycles. The van der Waals surface area contributed by atoms with Gasteiger partial charge in [0, 0.05) is 10.3 Å². The van der Waals surface area contributed by atoms with Crippen LogP contribution in [0.25, 0.3) is 5.57 Å². The van der Waals surface area contributed by atoms with E-state index >= 15 is 0 Å². The molecule has 1 aromatic carbocycles. The molecule has 0 aliphatic carbocycles. The number of aliphatic hydroxyl groups excluding tert-OH is 3. The number of ether oxygens (including phenoxy) is 1. The largest absolute Gasteiger partial charge is 0.394 e. The van der Waals surface area contributed by atoms with Crippen molar-refractivity contribution in [3.8, 4) is 0 Å². The molecule has 4 N–H and O–H groups in total. The number of aliphatic hydroxyl groups is 3. The molecule has 2 heterocycles. The molecular weight excluding hydrogens is 395 g/mol. The Labute approximate surface area is 158 Å². The van der Waals surface area contributed by atoms with Crippen LogP contribution in [0.3, 0.4) is 0 Å². The van der Waals surface area contributed by atoms with Crippen molar-refractivity contribution in [2.24, 2.45) is 0 Å². The van der Waals surface area contributed by atoms with Crippen LogP contribution in [0.1, 0.15) is 5.56 Å². The number of hydroxylamine groups is 1. The summed E-state index contributed by atoms with van der Waals surface area (Å²) in [5, 5.41) is 39.7. The first-order valence-corrected chi connectivity index (χ1v) is 8.56. The standard InChI is InChI=1S/C15H16Cl3N2O5/c1-19(24)4-7-6-2-8(16)9(17)3-10(6)20(14(7)18)15-13(23)12(22)11(5-21)25-15/h2-3,11-15,21-24H,5H2,1H3/q+1/t11-,12-,13-,14?,15-/m1/s1. The van der Waals surface area contributed by atoms with Crippen molar-refractivity contribution >= 4 is 51.9 Å². The monoisotopic (exact) mass is 409 g/mol. The molecule has 0 spiro atoms. The van der Waals surface area contributed by atoms with Gasteiger partial charge in [-0.05, 0) is 12.1 Å². The van der Waals surface area contributed by atoms with Gasteiger partial charge < -0.3 is 25.0 Å². The van der Waals surface area contributed by atoms with Crippen LogP contribution in [0.15, 0.2) is 12.1 Å². The molecule has 7 nitrogen and oxygen atoms in total. The second-order valence-electron chi connectivity index (χ2n) is 5.80. The van der Waals surface area contributed by atoms with E-state index in [1.807, 2.05) is 0 Å². The van der Waals surface area contributed by atoms with Crippen LogP contribution >= 0.6 is 34.8 Å². The number of nitrogens with zero attached hydrogens (tertiary/aromatic N) is 2. The molecule has 1 unspecified atom stereocenters. The average molecular weight is 411 g/mol. The molecule has 3 rings (SSSR count). The summed E-state index contributed by atoms with van der Waals surface area (Å²) >= 11 is 18.7. The van der Waals surface area contributed by atoms with Crippen molar-refractivity contribution in [1.82, 2.24) is 0 Å². The molecule has 136 valence electrons. The molecule has 5 atom stereocenters. The zero-order valence-electron chi connectivity index (χ0n) is 13.0.